The highest BCUT2D eigenvalue weighted by Crippen LogP contribution is 2.53. The molecule has 26 heavy (non-hydrogen) atoms. The van der Waals surface area contributed by atoms with Crippen molar-refractivity contribution in [3.63, 3.8) is 0 Å². The molecule has 0 aliphatic carbocycles. The van der Waals surface area contributed by atoms with Gasteiger partial charge in [0.25, 0.3) is 0 Å². The molecule has 0 saturated carbocycles. The highest BCUT2D eigenvalue weighted by molar-refractivity contribution is 7.79. The Balaban J connectivity index is 1.75. The fourth-order valence-corrected chi connectivity index (χ4v) is 7.43. The van der Waals surface area contributed by atoms with E-state index in [4.69, 9.17) is 0 Å². The fraction of sp³-hybridized carbons (Fsp3) is 0.217. The predicted octanol–water partition coefficient (Wildman–Crippen LogP) is 4.62. The third-order valence-corrected chi connectivity index (χ3v) is 8.81. The van der Waals surface area contributed by atoms with Crippen molar-refractivity contribution in [2.75, 3.05) is 6.54 Å². The molecule has 1 aliphatic rings. The minimum Gasteiger partial charge on any atom is -0.312 e. The Hall–Kier alpha value is -2.15. The molecule has 3 aromatic carbocycles. The first-order valence-corrected chi connectivity index (χ1v) is 11.0. The van der Waals surface area contributed by atoms with Gasteiger partial charge in [-0.1, -0.05) is 91.0 Å². The average Bonchev–Trinajstić information content (AvgIpc) is 3.18. The molecule has 1 aliphatic heterocycles. The first-order valence-electron chi connectivity index (χ1n) is 9.27. The van der Waals surface area contributed by atoms with Gasteiger partial charge in [0.15, 0.2) is 7.14 Å². The van der Waals surface area contributed by atoms with Crippen molar-refractivity contribution in [3.05, 3.63) is 96.6 Å². The Labute approximate surface area is 155 Å². The molecule has 1 atom stereocenters. The van der Waals surface area contributed by atoms with E-state index >= 15 is 0 Å². The average molecular weight is 361 g/mol. The van der Waals surface area contributed by atoms with Gasteiger partial charge in [0.05, 0.1) is 5.78 Å². The Morgan fingerprint density at radius 3 is 1.81 bits per heavy atom. The van der Waals surface area contributed by atoms with Crippen molar-refractivity contribution >= 4 is 17.8 Å². The molecule has 1 heterocycles. The number of likely N-dealkylation sites (tertiary alicyclic amines) is 1. The van der Waals surface area contributed by atoms with Gasteiger partial charge in [0.2, 0.25) is 0 Å². The third-order valence-electron chi connectivity index (χ3n) is 5.26. The zero-order chi connectivity index (χ0) is 17.8. The molecule has 2 nitrogen and oxygen atoms in total. The Morgan fingerprint density at radius 2 is 1.27 bits per heavy atom. The molecule has 3 aromatic rings. The van der Waals surface area contributed by atoms with Gasteiger partial charge >= 0.3 is 0 Å². The summed E-state index contributed by atoms with van der Waals surface area (Å²) in [5.74, 6) is 0.0625. The molecule has 0 spiro atoms. The van der Waals surface area contributed by atoms with E-state index in [0.29, 0.717) is 0 Å². The van der Waals surface area contributed by atoms with Crippen molar-refractivity contribution in [2.24, 2.45) is 0 Å². The van der Waals surface area contributed by atoms with Crippen LogP contribution >= 0.6 is 7.14 Å². The van der Waals surface area contributed by atoms with Gasteiger partial charge < -0.3 is 4.57 Å². The number of benzene rings is 3. The standard InChI is InChI=1S/C23H24NOP/c25-26(21-13-6-2-7-14-21,22-15-8-3-9-16-22)23-17-10-18-24(23)19-20-11-4-1-5-12-20/h1-9,11-16,23H,10,17-19H2/t23-/m0/s1. The van der Waals surface area contributed by atoms with Gasteiger partial charge in [-0.05, 0) is 24.9 Å². The lowest BCUT2D eigenvalue weighted by molar-refractivity contribution is 0.300. The lowest BCUT2D eigenvalue weighted by Crippen LogP contribution is -2.35. The van der Waals surface area contributed by atoms with Crippen molar-refractivity contribution in [1.82, 2.24) is 4.90 Å². The molecule has 0 unspecified atom stereocenters. The third kappa shape index (κ3) is 3.28. The van der Waals surface area contributed by atoms with E-state index in [1.807, 2.05) is 66.7 Å². The molecular weight excluding hydrogens is 337 g/mol. The molecule has 0 amide bonds. The van der Waals surface area contributed by atoms with Gasteiger partial charge in [-0.3, -0.25) is 4.90 Å². The van der Waals surface area contributed by atoms with Crippen molar-refractivity contribution in [2.45, 2.75) is 25.2 Å². The summed E-state index contributed by atoms with van der Waals surface area (Å²) in [5, 5.41) is 1.94. The van der Waals surface area contributed by atoms with E-state index in [0.717, 1.165) is 36.5 Å². The zero-order valence-corrected chi connectivity index (χ0v) is 15.8. The zero-order valence-electron chi connectivity index (χ0n) is 14.9. The molecule has 0 aromatic heterocycles. The maximum absolute atomic E-state index is 14.6. The van der Waals surface area contributed by atoms with Crippen LogP contribution in [-0.2, 0) is 11.1 Å². The maximum atomic E-state index is 14.6. The number of hydrogen-bond donors (Lipinski definition) is 0. The summed E-state index contributed by atoms with van der Waals surface area (Å²) < 4.78 is 14.6. The highest BCUT2D eigenvalue weighted by Gasteiger charge is 2.42. The SMILES string of the molecule is O=P(c1ccccc1)(c1ccccc1)[C@H]1CCCN1Cc1ccccc1. The summed E-state index contributed by atoms with van der Waals surface area (Å²) in [7, 11) is -2.74. The van der Waals surface area contributed by atoms with Crippen molar-refractivity contribution in [3.8, 4) is 0 Å². The highest BCUT2D eigenvalue weighted by atomic mass is 31.2. The molecule has 4 rings (SSSR count). The van der Waals surface area contributed by atoms with Crippen molar-refractivity contribution < 1.29 is 4.57 Å². The van der Waals surface area contributed by atoms with E-state index in [2.05, 4.69) is 29.2 Å². The number of nitrogens with zero attached hydrogens (tertiary/aromatic N) is 1. The van der Waals surface area contributed by atoms with Crippen LogP contribution in [0.25, 0.3) is 0 Å². The summed E-state index contributed by atoms with van der Waals surface area (Å²) in [5.41, 5.74) is 1.28. The molecule has 0 bridgehead atoms. The van der Waals surface area contributed by atoms with Gasteiger partial charge in [0, 0.05) is 17.2 Å². The summed E-state index contributed by atoms with van der Waals surface area (Å²) >= 11 is 0. The van der Waals surface area contributed by atoms with E-state index in [1.54, 1.807) is 0 Å². The Morgan fingerprint density at radius 1 is 0.769 bits per heavy atom. The second-order valence-electron chi connectivity index (χ2n) is 6.91. The lowest BCUT2D eigenvalue weighted by Gasteiger charge is -2.32. The van der Waals surface area contributed by atoms with E-state index in [-0.39, 0.29) is 5.78 Å². The Kier molecular flexibility index (Phi) is 5.06. The van der Waals surface area contributed by atoms with Crippen molar-refractivity contribution in [1.29, 1.82) is 0 Å². The largest absolute Gasteiger partial charge is 0.312 e. The molecule has 0 radical (unpaired) electrons. The quantitative estimate of drug-likeness (QED) is 0.618. The van der Waals surface area contributed by atoms with Crippen LogP contribution in [0.3, 0.4) is 0 Å². The monoisotopic (exact) mass is 361 g/mol. The summed E-state index contributed by atoms with van der Waals surface area (Å²) in [6.07, 6.45) is 2.08. The lowest BCUT2D eigenvalue weighted by atomic mass is 10.2. The first kappa shape index (κ1) is 17.3. The van der Waals surface area contributed by atoms with Crippen LogP contribution in [0.5, 0.6) is 0 Å². The molecule has 132 valence electrons. The smallest absolute Gasteiger partial charge is 0.159 e. The predicted molar refractivity (Wildman–Crippen MR) is 110 cm³/mol. The molecule has 1 saturated heterocycles. The normalized spacial score (nSPS) is 18.1. The molecule has 3 heteroatoms. The van der Waals surface area contributed by atoms with Gasteiger partial charge in [0.1, 0.15) is 0 Å². The van der Waals surface area contributed by atoms with Crippen LogP contribution in [0.2, 0.25) is 0 Å². The maximum Gasteiger partial charge on any atom is 0.159 e. The second-order valence-corrected chi connectivity index (χ2v) is 9.85. The van der Waals surface area contributed by atoms with Crippen LogP contribution in [0.4, 0.5) is 0 Å². The number of rotatable bonds is 5. The van der Waals surface area contributed by atoms with E-state index < -0.39 is 7.14 Å². The molecular formula is C23H24NOP. The Bertz CT molecular complexity index is 836. The van der Waals surface area contributed by atoms with Crippen LogP contribution in [0.1, 0.15) is 18.4 Å². The minimum absolute atomic E-state index is 0.0625. The van der Waals surface area contributed by atoms with Gasteiger partial charge in [-0.2, -0.15) is 0 Å². The minimum atomic E-state index is -2.74. The second kappa shape index (κ2) is 7.61. The molecule has 1 fully saturated rings. The van der Waals surface area contributed by atoms with Crippen LogP contribution in [0, 0.1) is 0 Å². The van der Waals surface area contributed by atoms with Gasteiger partial charge in [-0.15, -0.1) is 0 Å². The summed E-state index contributed by atoms with van der Waals surface area (Å²) in [4.78, 5) is 2.43. The van der Waals surface area contributed by atoms with Crippen LogP contribution in [0.15, 0.2) is 91.0 Å². The van der Waals surface area contributed by atoms with E-state index in [1.165, 1.54) is 5.56 Å². The van der Waals surface area contributed by atoms with Gasteiger partial charge in [-0.25, -0.2) is 0 Å². The fourth-order valence-electron chi connectivity index (χ4n) is 4.01. The first-order chi connectivity index (χ1) is 12.8. The van der Waals surface area contributed by atoms with Crippen LogP contribution < -0.4 is 10.6 Å². The summed E-state index contributed by atoms with van der Waals surface area (Å²) in [6.45, 7) is 1.86. The van der Waals surface area contributed by atoms with Crippen LogP contribution in [-0.4, -0.2) is 17.2 Å². The summed E-state index contributed by atoms with van der Waals surface area (Å²) in [6, 6.07) is 30.7. The van der Waals surface area contributed by atoms with E-state index in [9.17, 15) is 4.57 Å². The topological polar surface area (TPSA) is 20.3 Å². The molecule has 0 N–H and O–H groups in total. The number of hydrogen-bond acceptors (Lipinski definition) is 2.